The predicted molar refractivity (Wildman–Crippen MR) is 98.8 cm³/mol. The number of nitrogens with zero attached hydrogens (tertiary/aromatic N) is 3. The van der Waals surface area contributed by atoms with Gasteiger partial charge in [0.25, 0.3) is 0 Å². The Morgan fingerprint density at radius 2 is 2.08 bits per heavy atom. The van der Waals surface area contributed by atoms with Crippen LogP contribution in [0.2, 0.25) is 0 Å². The van der Waals surface area contributed by atoms with Gasteiger partial charge in [0.1, 0.15) is 5.75 Å². The number of rotatable bonds is 10. The predicted octanol–water partition coefficient (Wildman–Crippen LogP) is 2.57. The molecule has 144 valence electrons. The SMILES string of the molecule is CC(C)Cc1noc(CN(C)CCCOc2cccc(S(C)(=O)=O)c2)n1. The monoisotopic (exact) mass is 381 g/mol. The zero-order valence-corrected chi connectivity index (χ0v) is 16.6. The van der Waals surface area contributed by atoms with Crippen LogP contribution in [0.3, 0.4) is 0 Å². The molecule has 2 rings (SSSR count). The lowest BCUT2D eigenvalue weighted by Crippen LogP contribution is -2.21. The lowest BCUT2D eigenvalue weighted by molar-refractivity contribution is 0.235. The molecule has 0 atom stereocenters. The van der Waals surface area contributed by atoms with Gasteiger partial charge in [-0.05, 0) is 37.6 Å². The van der Waals surface area contributed by atoms with Crippen LogP contribution in [0.15, 0.2) is 33.7 Å². The highest BCUT2D eigenvalue weighted by Crippen LogP contribution is 2.17. The second kappa shape index (κ2) is 9.14. The van der Waals surface area contributed by atoms with E-state index >= 15 is 0 Å². The summed E-state index contributed by atoms with van der Waals surface area (Å²) in [5, 5.41) is 3.99. The Bertz CT molecular complexity index is 802. The second-order valence-corrected chi connectivity index (χ2v) is 8.90. The lowest BCUT2D eigenvalue weighted by atomic mass is 10.1. The van der Waals surface area contributed by atoms with E-state index in [1.165, 1.54) is 6.26 Å². The van der Waals surface area contributed by atoms with E-state index in [1.807, 2.05) is 7.05 Å². The van der Waals surface area contributed by atoms with Crippen molar-refractivity contribution in [3.63, 3.8) is 0 Å². The van der Waals surface area contributed by atoms with Crippen molar-refractivity contribution in [1.29, 1.82) is 0 Å². The van der Waals surface area contributed by atoms with Gasteiger partial charge in [0.05, 0.1) is 18.0 Å². The molecule has 26 heavy (non-hydrogen) atoms. The summed E-state index contributed by atoms with van der Waals surface area (Å²) in [6.07, 6.45) is 2.80. The van der Waals surface area contributed by atoms with Crippen molar-refractivity contribution in [1.82, 2.24) is 15.0 Å². The molecule has 0 unspecified atom stereocenters. The Hall–Kier alpha value is -1.93. The van der Waals surface area contributed by atoms with Gasteiger partial charge in [0.2, 0.25) is 5.89 Å². The van der Waals surface area contributed by atoms with Crippen LogP contribution in [0.4, 0.5) is 0 Å². The van der Waals surface area contributed by atoms with Crippen molar-refractivity contribution in [3.05, 3.63) is 36.0 Å². The van der Waals surface area contributed by atoms with Crippen LogP contribution >= 0.6 is 0 Å². The molecule has 0 fully saturated rings. The van der Waals surface area contributed by atoms with Crippen LogP contribution in [0.5, 0.6) is 5.75 Å². The van der Waals surface area contributed by atoms with Crippen molar-refractivity contribution in [2.45, 2.75) is 38.1 Å². The molecule has 8 heteroatoms. The molecule has 2 aromatic rings. The zero-order chi connectivity index (χ0) is 19.2. The van der Waals surface area contributed by atoms with E-state index in [0.717, 1.165) is 25.2 Å². The third kappa shape index (κ3) is 6.76. The molecule has 1 aromatic carbocycles. The van der Waals surface area contributed by atoms with Crippen LogP contribution in [0.1, 0.15) is 32.0 Å². The van der Waals surface area contributed by atoms with Crippen molar-refractivity contribution < 1.29 is 17.7 Å². The third-order valence-corrected chi connectivity index (χ3v) is 4.80. The van der Waals surface area contributed by atoms with Crippen molar-refractivity contribution in [2.75, 3.05) is 26.5 Å². The number of ether oxygens (including phenoxy) is 1. The van der Waals surface area contributed by atoms with Crippen molar-refractivity contribution >= 4 is 9.84 Å². The van der Waals surface area contributed by atoms with Gasteiger partial charge >= 0.3 is 0 Å². The van der Waals surface area contributed by atoms with Gasteiger partial charge in [-0.15, -0.1) is 0 Å². The van der Waals surface area contributed by atoms with Gasteiger partial charge in [-0.3, -0.25) is 4.90 Å². The molecule has 0 saturated carbocycles. The number of aromatic nitrogens is 2. The van der Waals surface area contributed by atoms with Crippen LogP contribution < -0.4 is 4.74 Å². The summed E-state index contributed by atoms with van der Waals surface area (Å²) in [7, 11) is -1.24. The molecule has 0 N–H and O–H groups in total. The standard InChI is InChI=1S/C18H27N3O4S/c1-14(2)11-17-19-18(25-20-17)13-21(3)9-6-10-24-15-7-5-8-16(12-15)26(4,22)23/h5,7-8,12,14H,6,9-11,13H2,1-4H3. The molecule has 7 nitrogen and oxygen atoms in total. The molecule has 0 amide bonds. The Labute approximate surface area is 155 Å². The van der Waals surface area contributed by atoms with Crippen molar-refractivity contribution in [3.8, 4) is 5.75 Å². The minimum atomic E-state index is -3.22. The minimum Gasteiger partial charge on any atom is -0.494 e. The van der Waals surface area contributed by atoms with E-state index in [4.69, 9.17) is 9.26 Å². The Morgan fingerprint density at radius 1 is 1.31 bits per heavy atom. The molecule has 0 aliphatic rings. The highest BCUT2D eigenvalue weighted by molar-refractivity contribution is 7.90. The summed E-state index contributed by atoms with van der Waals surface area (Å²) in [5.74, 6) is 2.42. The van der Waals surface area contributed by atoms with Crippen LogP contribution in [-0.4, -0.2) is 49.9 Å². The summed E-state index contributed by atoms with van der Waals surface area (Å²) in [5.41, 5.74) is 0. The van der Waals surface area contributed by atoms with Crippen molar-refractivity contribution in [2.24, 2.45) is 5.92 Å². The van der Waals surface area contributed by atoms with Crippen LogP contribution in [0.25, 0.3) is 0 Å². The fourth-order valence-electron chi connectivity index (χ4n) is 2.43. The second-order valence-electron chi connectivity index (χ2n) is 6.89. The smallest absolute Gasteiger partial charge is 0.240 e. The molecule has 1 aromatic heterocycles. The summed E-state index contributed by atoms with van der Waals surface area (Å²) in [6, 6.07) is 6.55. The average molecular weight is 381 g/mol. The van der Waals surface area contributed by atoms with E-state index in [9.17, 15) is 8.42 Å². The molecular formula is C18H27N3O4S. The van der Waals surface area contributed by atoms with Crippen LogP contribution in [-0.2, 0) is 22.8 Å². The fraction of sp³-hybridized carbons (Fsp3) is 0.556. The van der Waals surface area contributed by atoms with E-state index in [0.29, 0.717) is 30.7 Å². The molecule has 0 aliphatic heterocycles. The van der Waals surface area contributed by atoms with Gasteiger partial charge in [0, 0.05) is 19.2 Å². The summed E-state index contributed by atoms with van der Waals surface area (Å²) >= 11 is 0. The Balaban J connectivity index is 1.73. The maximum atomic E-state index is 11.6. The molecule has 1 heterocycles. The summed E-state index contributed by atoms with van der Waals surface area (Å²) in [4.78, 5) is 6.74. The van der Waals surface area contributed by atoms with E-state index in [1.54, 1.807) is 24.3 Å². The minimum absolute atomic E-state index is 0.265. The molecular weight excluding hydrogens is 354 g/mol. The first-order chi connectivity index (χ1) is 12.2. The van der Waals surface area contributed by atoms with E-state index < -0.39 is 9.84 Å². The number of benzene rings is 1. The van der Waals surface area contributed by atoms with Crippen LogP contribution in [0, 0.1) is 5.92 Å². The highest BCUT2D eigenvalue weighted by atomic mass is 32.2. The molecule has 0 saturated heterocycles. The third-order valence-electron chi connectivity index (χ3n) is 3.69. The Morgan fingerprint density at radius 3 is 2.77 bits per heavy atom. The maximum absolute atomic E-state index is 11.6. The average Bonchev–Trinajstić information content (AvgIpc) is 2.97. The molecule has 0 aliphatic carbocycles. The molecule has 0 bridgehead atoms. The zero-order valence-electron chi connectivity index (χ0n) is 15.8. The van der Waals surface area contributed by atoms with Gasteiger partial charge < -0.3 is 9.26 Å². The first-order valence-electron chi connectivity index (χ1n) is 8.67. The number of hydrogen-bond acceptors (Lipinski definition) is 7. The Kier molecular flexibility index (Phi) is 7.16. The highest BCUT2D eigenvalue weighted by Gasteiger charge is 2.11. The number of hydrogen-bond donors (Lipinski definition) is 0. The lowest BCUT2D eigenvalue weighted by Gasteiger charge is -2.14. The maximum Gasteiger partial charge on any atom is 0.240 e. The topological polar surface area (TPSA) is 85.5 Å². The summed E-state index contributed by atoms with van der Waals surface area (Å²) < 4.78 is 34.0. The quantitative estimate of drug-likeness (QED) is 0.585. The van der Waals surface area contributed by atoms with E-state index in [2.05, 4.69) is 28.9 Å². The molecule has 0 spiro atoms. The fourth-order valence-corrected chi connectivity index (χ4v) is 3.09. The van der Waals surface area contributed by atoms with Gasteiger partial charge in [0.15, 0.2) is 15.7 Å². The van der Waals surface area contributed by atoms with Gasteiger partial charge in [-0.1, -0.05) is 25.1 Å². The molecule has 0 radical (unpaired) electrons. The first-order valence-corrected chi connectivity index (χ1v) is 10.6. The van der Waals surface area contributed by atoms with Gasteiger partial charge in [-0.2, -0.15) is 4.98 Å². The normalized spacial score (nSPS) is 12.1. The largest absolute Gasteiger partial charge is 0.494 e. The summed E-state index contributed by atoms with van der Waals surface area (Å²) in [6.45, 7) is 6.13. The van der Waals surface area contributed by atoms with Gasteiger partial charge in [-0.25, -0.2) is 8.42 Å². The number of sulfone groups is 1. The van der Waals surface area contributed by atoms with E-state index in [-0.39, 0.29) is 4.90 Å². The first kappa shape index (κ1) is 20.4.